The Morgan fingerprint density at radius 1 is 1.29 bits per heavy atom. The van der Waals surface area contributed by atoms with E-state index in [9.17, 15) is 4.79 Å². The van der Waals surface area contributed by atoms with Gasteiger partial charge in [-0.25, -0.2) is 4.98 Å². The van der Waals surface area contributed by atoms with Gasteiger partial charge in [-0.15, -0.1) is 36.2 Å². The molecule has 0 spiro atoms. The molecule has 0 radical (unpaired) electrons. The van der Waals surface area contributed by atoms with Gasteiger partial charge >= 0.3 is 0 Å². The van der Waals surface area contributed by atoms with Crippen molar-refractivity contribution >= 4 is 42.1 Å². The zero-order chi connectivity index (χ0) is 15.1. The molecule has 1 amide bonds. The van der Waals surface area contributed by atoms with E-state index in [0.29, 0.717) is 30.3 Å². The highest BCUT2D eigenvalue weighted by Gasteiger charge is 2.37. The summed E-state index contributed by atoms with van der Waals surface area (Å²) in [5.41, 5.74) is 1.06. The van der Waals surface area contributed by atoms with Crippen molar-refractivity contribution < 1.29 is 4.79 Å². The van der Waals surface area contributed by atoms with Gasteiger partial charge in [-0.1, -0.05) is 0 Å². The third kappa shape index (κ3) is 4.63. The maximum absolute atomic E-state index is 12.5. The van der Waals surface area contributed by atoms with Crippen LogP contribution in [0.3, 0.4) is 0 Å². The summed E-state index contributed by atoms with van der Waals surface area (Å²) >= 11 is 1.69. The average molecular weight is 392 g/mol. The number of carbonyl (C=O) groups excluding carboxylic acids is 1. The molecular formula is C17H27Cl2N3OS. The third-order valence-electron chi connectivity index (χ3n) is 5.36. The summed E-state index contributed by atoms with van der Waals surface area (Å²) in [4.78, 5) is 17.1. The lowest BCUT2D eigenvalue weighted by atomic mass is 9.89. The number of hydrogen-bond acceptors (Lipinski definition) is 4. The van der Waals surface area contributed by atoms with E-state index in [0.717, 1.165) is 10.7 Å². The van der Waals surface area contributed by atoms with Crippen LogP contribution in [0.15, 0.2) is 5.38 Å². The van der Waals surface area contributed by atoms with E-state index in [2.05, 4.69) is 21.0 Å². The molecule has 2 saturated heterocycles. The quantitative estimate of drug-likeness (QED) is 0.802. The highest BCUT2D eigenvalue weighted by Crippen LogP contribution is 2.42. The van der Waals surface area contributed by atoms with Crippen molar-refractivity contribution in [2.24, 2.45) is 11.8 Å². The van der Waals surface area contributed by atoms with Crippen LogP contribution in [0.2, 0.25) is 0 Å². The van der Waals surface area contributed by atoms with Crippen LogP contribution in [0.4, 0.5) is 0 Å². The van der Waals surface area contributed by atoms with Gasteiger partial charge in [0.25, 0.3) is 0 Å². The summed E-state index contributed by atoms with van der Waals surface area (Å²) in [5, 5.41) is 10.1. The minimum Gasteiger partial charge on any atom is -0.347 e. The standard InChI is InChI=1S/C17H25N3OS.2ClH/c1-10-9-22-17(18-10)16(12-2-3-12)20-15(21)8-11-6-13-4-5-14(7-11)19-13;;/h9,11-14,16,19H,2-8H2,1H3,(H,20,21);2*1H. The molecule has 3 fully saturated rings. The predicted molar refractivity (Wildman–Crippen MR) is 102 cm³/mol. The molecule has 4 rings (SSSR count). The van der Waals surface area contributed by atoms with E-state index in [1.165, 1.54) is 38.5 Å². The molecule has 0 aromatic carbocycles. The van der Waals surface area contributed by atoms with E-state index in [-0.39, 0.29) is 36.8 Å². The van der Waals surface area contributed by atoms with Gasteiger partial charge in [0.05, 0.1) is 6.04 Å². The van der Waals surface area contributed by atoms with Crippen molar-refractivity contribution in [1.82, 2.24) is 15.6 Å². The average Bonchev–Trinajstić information content (AvgIpc) is 3.15. The summed E-state index contributed by atoms with van der Waals surface area (Å²) in [5.74, 6) is 1.41. The summed E-state index contributed by atoms with van der Waals surface area (Å²) in [6.45, 7) is 2.02. The first-order chi connectivity index (χ1) is 10.7. The fourth-order valence-electron chi connectivity index (χ4n) is 4.16. The van der Waals surface area contributed by atoms with Gasteiger partial charge in [0, 0.05) is 29.6 Å². The lowest BCUT2D eigenvalue weighted by Crippen LogP contribution is -2.40. The van der Waals surface area contributed by atoms with Crippen LogP contribution in [-0.2, 0) is 4.79 Å². The maximum atomic E-state index is 12.5. The molecule has 1 aromatic heterocycles. The Hall–Kier alpha value is -0.360. The number of aryl methyl sites for hydroxylation is 1. The van der Waals surface area contributed by atoms with Crippen LogP contribution in [0.5, 0.6) is 0 Å². The number of rotatable bonds is 5. The van der Waals surface area contributed by atoms with Gasteiger partial charge in [-0.2, -0.15) is 0 Å². The Kier molecular flexibility index (Phi) is 6.94. The molecule has 2 N–H and O–H groups in total. The summed E-state index contributed by atoms with van der Waals surface area (Å²) in [7, 11) is 0. The Morgan fingerprint density at radius 3 is 2.50 bits per heavy atom. The fourth-order valence-corrected chi connectivity index (χ4v) is 5.10. The Morgan fingerprint density at radius 2 is 1.96 bits per heavy atom. The zero-order valence-corrected chi connectivity index (χ0v) is 16.4. The molecule has 3 unspecified atom stereocenters. The minimum atomic E-state index is 0. The number of aromatic nitrogens is 1. The molecule has 3 aliphatic rings. The van der Waals surface area contributed by atoms with Crippen molar-refractivity contribution in [3.05, 3.63) is 16.1 Å². The number of hydrogen-bond donors (Lipinski definition) is 2. The van der Waals surface area contributed by atoms with Crippen LogP contribution >= 0.6 is 36.2 Å². The summed E-state index contributed by atoms with van der Waals surface area (Å²) in [6.07, 6.45) is 8.09. The fraction of sp³-hybridized carbons (Fsp3) is 0.765. The topological polar surface area (TPSA) is 54.0 Å². The van der Waals surface area contributed by atoms with Crippen LogP contribution in [0.1, 0.15) is 61.7 Å². The molecule has 136 valence electrons. The second-order valence-corrected chi connectivity index (χ2v) is 8.28. The summed E-state index contributed by atoms with van der Waals surface area (Å²) in [6, 6.07) is 1.49. The highest BCUT2D eigenvalue weighted by molar-refractivity contribution is 7.09. The second kappa shape index (κ2) is 8.35. The monoisotopic (exact) mass is 391 g/mol. The minimum absolute atomic E-state index is 0. The molecular weight excluding hydrogens is 365 g/mol. The maximum Gasteiger partial charge on any atom is 0.220 e. The zero-order valence-electron chi connectivity index (χ0n) is 14.0. The third-order valence-corrected chi connectivity index (χ3v) is 6.40. The Balaban J connectivity index is 0.00000104. The van der Waals surface area contributed by atoms with Gasteiger partial charge in [-0.05, 0) is 57.3 Å². The van der Waals surface area contributed by atoms with E-state index in [4.69, 9.17) is 0 Å². The first kappa shape index (κ1) is 20.0. The SMILES string of the molecule is Cc1csc(C(NC(=O)CC2CC3CCC(C2)N3)C2CC2)n1.Cl.Cl. The normalized spacial score (nSPS) is 29.3. The van der Waals surface area contributed by atoms with Gasteiger partial charge in [0.15, 0.2) is 0 Å². The lowest BCUT2D eigenvalue weighted by Gasteiger charge is -2.29. The number of nitrogens with zero attached hydrogens (tertiary/aromatic N) is 1. The van der Waals surface area contributed by atoms with Crippen LogP contribution in [0.25, 0.3) is 0 Å². The van der Waals surface area contributed by atoms with E-state index in [1.807, 2.05) is 6.92 Å². The molecule has 24 heavy (non-hydrogen) atoms. The number of halogens is 2. The summed E-state index contributed by atoms with van der Waals surface area (Å²) < 4.78 is 0. The molecule has 2 aliphatic heterocycles. The van der Waals surface area contributed by atoms with Gasteiger partial charge < -0.3 is 10.6 Å². The van der Waals surface area contributed by atoms with Crippen molar-refractivity contribution in [1.29, 1.82) is 0 Å². The highest BCUT2D eigenvalue weighted by atomic mass is 35.5. The molecule has 1 aliphatic carbocycles. The molecule has 3 atom stereocenters. The lowest BCUT2D eigenvalue weighted by molar-refractivity contribution is -0.123. The number of amides is 1. The van der Waals surface area contributed by atoms with Crippen LogP contribution in [-0.4, -0.2) is 23.0 Å². The molecule has 4 nitrogen and oxygen atoms in total. The Bertz CT molecular complexity index is 552. The van der Waals surface area contributed by atoms with Gasteiger partial charge in [0.1, 0.15) is 5.01 Å². The number of carbonyl (C=O) groups is 1. The largest absolute Gasteiger partial charge is 0.347 e. The van der Waals surface area contributed by atoms with Crippen molar-refractivity contribution in [2.45, 2.75) is 70.0 Å². The second-order valence-electron chi connectivity index (χ2n) is 7.39. The molecule has 2 bridgehead atoms. The van der Waals surface area contributed by atoms with Crippen LogP contribution < -0.4 is 10.6 Å². The first-order valence-corrected chi connectivity index (χ1v) is 9.53. The number of nitrogens with one attached hydrogen (secondary N) is 2. The van der Waals surface area contributed by atoms with E-state index < -0.39 is 0 Å². The van der Waals surface area contributed by atoms with Crippen molar-refractivity contribution in [3.63, 3.8) is 0 Å². The first-order valence-electron chi connectivity index (χ1n) is 8.65. The molecule has 1 saturated carbocycles. The van der Waals surface area contributed by atoms with Gasteiger partial charge in [0.2, 0.25) is 5.91 Å². The Labute approximate surface area is 160 Å². The number of piperidine rings is 1. The number of thiazole rings is 1. The molecule has 3 heterocycles. The van der Waals surface area contributed by atoms with E-state index >= 15 is 0 Å². The van der Waals surface area contributed by atoms with E-state index in [1.54, 1.807) is 11.3 Å². The predicted octanol–water partition coefficient (Wildman–Crippen LogP) is 3.78. The van der Waals surface area contributed by atoms with Crippen molar-refractivity contribution in [3.8, 4) is 0 Å². The molecule has 1 aromatic rings. The number of fused-ring (bicyclic) bond motifs is 2. The van der Waals surface area contributed by atoms with Crippen LogP contribution in [0, 0.1) is 18.8 Å². The molecule has 7 heteroatoms. The van der Waals surface area contributed by atoms with Crippen molar-refractivity contribution in [2.75, 3.05) is 0 Å². The smallest absolute Gasteiger partial charge is 0.220 e. The van der Waals surface area contributed by atoms with Gasteiger partial charge in [-0.3, -0.25) is 4.79 Å².